The zero-order chi connectivity index (χ0) is 21.5. The molecule has 0 saturated carbocycles. The van der Waals surface area contributed by atoms with E-state index >= 15 is 0 Å². The van der Waals surface area contributed by atoms with Crippen molar-refractivity contribution in [2.24, 2.45) is 0 Å². The molecule has 0 aromatic heterocycles. The average molecular weight is 417 g/mol. The van der Waals surface area contributed by atoms with Crippen molar-refractivity contribution >= 4 is 11.6 Å². The van der Waals surface area contributed by atoms with Gasteiger partial charge in [0, 0.05) is 32.6 Å². The van der Waals surface area contributed by atoms with Crippen LogP contribution in [0.1, 0.15) is 5.56 Å². The summed E-state index contributed by atoms with van der Waals surface area (Å²) < 4.78 is 24.6. The highest BCUT2D eigenvalue weighted by atomic mass is 19.1. The Balaban J connectivity index is 1.45. The van der Waals surface area contributed by atoms with Crippen molar-refractivity contribution in [1.29, 1.82) is 0 Å². The van der Waals surface area contributed by atoms with Gasteiger partial charge in [-0.15, -0.1) is 0 Å². The van der Waals surface area contributed by atoms with Gasteiger partial charge in [0.15, 0.2) is 18.0 Å². The number of methoxy groups -OCH3 is 2. The van der Waals surface area contributed by atoms with Crippen LogP contribution in [0.5, 0.6) is 11.5 Å². The number of likely N-dealkylation sites (N-methyl/N-ethyl adjacent to an activating group) is 1. The highest BCUT2D eigenvalue weighted by Gasteiger charge is 2.24. The lowest BCUT2D eigenvalue weighted by atomic mass is 10.1. The standard InChI is InChI=1S/C23H30FN3O3/c1-25(11-10-18-8-9-21(29-2)22(16-18)30-3)17-23(28)27-14-12-26(13-15-27)20-7-5-4-6-19(20)24/h4-9,16H,10-15,17H2,1-3H3/p+1. The predicted octanol–water partition coefficient (Wildman–Crippen LogP) is 1.25. The molecule has 1 fully saturated rings. The first-order valence-electron chi connectivity index (χ1n) is 10.3. The fraction of sp³-hybridized carbons (Fsp3) is 0.435. The zero-order valence-electron chi connectivity index (χ0n) is 18.0. The number of para-hydroxylation sites is 1. The molecule has 0 radical (unpaired) electrons. The average Bonchev–Trinajstić information content (AvgIpc) is 2.78. The third kappa shape index (κ3) is 5.42. The fourth-order valence-corrected chi connectivity index (χ4v) is 3.76. The molecule has 1 aliphatic heterocycles. The summed E-state index contributed by atoms with van der Waals surface area (Å²) in [6.07, 6.45) is 0.848. The predicted molar refractivity (Wildman–Crippen MR) is 115 cm³/mol. The van der Waals surface area contributed by atoms with Gasteiger partial charge < -0.3 is 24.2 Å². The first-order chi connectivity index (χ1) is 14.5. The molecule has 0 spiro atoms. The van der Waals surface area contributed by atoms with Crippen LogP contribution in [-0.4, -0.2) is 71.3 Å². The number of piperazine rings is 1. The number of hydrogen-bond acceptors (Lipinski definition) is 4. The molecule has 2 aromatic rings. The minimum Gasteiger partial charge on any atom is -0.493 e. The van der Waals surface area contributed by atoms with Crippen LogP contribution in [-0.2, 0) is 11.2 Å². The molecule has 2 aromatic carbocycles. The Hall–Kier alpha value is -2.80. The Labute approximate surface area is 177 Å². The number of halogens is 1. The first kappa shape index (κ1) is 21.9. The lowest BCUT2D eigenvalue weighted by Crippen LogP contribution is -3.10. The van der Waals surface area contributed by atoms with Crippen molar-refractivity contribution in [2.45, 2.75) is 6.42 Å². The maximum atomic E-state index is 14.0. The number of carbonyl (C=O) groups is 1. The molecule has 1 saturated heterocycles. The third-order valence-electron chi connectivity index (χ3n) is 5.57. The number of nitrogens with one attached hydrogen (secondary N) is 1. The highest BCUT2D eigenvalue weighted by Crippen LogP contribution is 2.27. The molecule has 162 valence electrons. The van der Waals surface area contributed by atoms with Crippen molar-refractivity contribution in [2.75, 3.05) is 65.4 Å². The van der Waals surface area contributed by atoms with Crippen LogP contribution in [0.2, 0.25) is 0 Å². The van der Waals surface area contributed by atoms with E-state index in [0.717, 1.165) is 29.2 Å². The van der Waals surface area contributed by atoms with Gasteiger partial charge in [-0.2, -0.15) is 0 Å². The van der Waals surface area contributed by atoms with E-state index in [9.17, 15) is 9.18 Å². The molecule has 3 rings (SSSR count). The Morgan fingerprint density at radius 1 is 1.03 bits per heavy atom. The minimum absolute atomic E-state index is 0.146. The highest BCUT2D eigenvalue weighted by molar-refractivity contribution is 5.77. The van der Waals surface area contributed by atoms with Gasteiger partial charge in [0.2, 0.25) is 0 Å². The van der Waals surface area contributed by atoms with Crippen molar-refractivity contribution < 1.29 is 23.6 Å². The Morgan fingerprint density at radius 2 is 1.73 bits per heavy atom. The Kier molecular flexibility index (Phi) is 7.52. The van der Waals surface area contributed by atoms with Crippen LogP contribution in [0.4, 0.5) is 10.1 Å². The van der Waals surface area contributed by atoms with Crippen LogP contribution in [0, 0.1) is 5.82 Å². The smallest absolute Gasteiger partial charge is 0.277 e. The number of hydrogen-bond donors (Lipinski definition) is 1. The number of benzene rings is 2. The summed E-state index contributed by atoms with van der Waals surface area (Å²) in [6, 6.07) is 12.7. The van der Waals surface area contributed by atoms with Gasteiger partial charge in [-0.05, 0) is 29.8 Å². The summed E-state index contributed by atoms with van der Waals surface area (Å²) in [6.45, 7) is 3.84. The normalized spacial score (nSPS) is 15.1. The van der Waals surface area contributed by atoms with E-state index in [4.69, 9.17) is 9.47 Å². The molecule has 1 heterocycles. The molecule has 6 nitrogen and oxygen atoms in total. The monoisotopic (exact) mass is 416 g/mol. The molecule has 7 heteroatoms. The van der Waals surface area contributed by atoms with E-state index in [0.29, 0.717) is 44.2 Å². The maximum absolute atomic E-state index is 14.0. The van der Waals surface area contributed by atoms with Crippen molar-refractivity contribution in [1.82, 2.24) is 4.90 Å². The van der Waals surface area contributed by atoms with Gasteiger partial charge >= 0.3 is 0 Å². The van der Waals surface area contributed by atoms with Gasteiger partial charge in [0.1, 0.15) is 5.82 Å². The van der Waals surface area contributed by atoms with Crippen LogP contribution in [0.3, 0.4) is 0 Å². The molecular formula is C23H31FN3O3+. The number of quaternary nitrogens is 1. The molecular weight excluding hydrogens is 385 g/mol. The van der Waals surface area contributed by atoms with E-state index in [1.807, 2.05) is 41.1 Å². The van der Waals surface area contributed by atoms with Gasteiger partial charge in [0.25, 0.3) is 5.91 Å². The van der Waals surface area contributed by atoms with E-state index in [2.05, 4.69) is 0 Å². The number of amides is 1. The Morgan fingerprint density at radius 3 is 2.40 bits per heavy atom. The summed E-state index contributed by atoms with van der Waals surface area (Å²) >= 11 is 0. The number of ether oxygens (including phenoxy) is 2. The lowest BCUT2D eigenvalue weighted by Gasteiger charge is -2.36. The van der Waals surface area contributed by atoms with Crippen molar-refractivity contribution in [3.63, 3.8) is 0 Å². The number of nitrogens with zero attached hydrogens (tertiary/aromatic N) is 2. The van der Waals surface area contributed by atoms with Gasteiger partial charge in [0.05, 0.1) is 33.5 Å². The van der Waals surface area contributed by atoms with E-state index in [-0.39, 0.29) is 11.7 Å². The molecule has 1 unspecified atom stereocenters. The molecule has 0 aliphatic carbocycles. The molecule has 30 heavy (non-hydrogen) atoms. The number of anilines is 1. The first-order valence-corrected chi connectivity index (χ1v) is 10.3. The topological polar surface area (TPSA) is 46.5 Å². The van der Waals surface area contributed by atoms with Crippen LogP contribution < -0.4 is 19.3 Å². The van der Waals surface area contributed by atoms with Gasteiger partial charge in [-0.25, -0.2) is 4.39 Å². The summed E-state index contributed by atoms with van der Waals surface area (Å²) in [7, 11) is 5.29. The largest absolute Gasteiger partial charge is 0.493 e. The quantitative estimate of drug-likeness (QED) is 0.704. The minimum atomic E-state index is -0.211. The number of carbonyl (C=O) groups excluding carboxylic acids is 1. The molecule has 1 N–H and O–H groups in total. The summed E-state index contributed by atoms with van der Waals surface area (Å²) in [5.74, 6) is 1.37. The van der Waals surface area contributed by atoms with Crippen LogP contribution >= 0.6 is 0 Å². The molecule has 0 bridgehead atoms. The second kappa shape index (κ2) is 10.3. The van der Waals surface area contributed by atoms with Crippen molar-refractivity contribution in [3.05, 3.63) is 53.8 Å². The molecule has 1 atom stereocenters. The van der Waals surface area contributed by atoms with Crippen molar-refractivity contribution in [3.8, 4) is 11.5 Å². The van der Waals surface area contributed by atoms with E-state index in [1.165, 1.54) is 6.07 Å². The van der Waals surface area contributed by atoms with E-state index in [1.54, 1.807) is 26.4 Å². The fourth-order valence-electron chi connectivity index (χ4n) is 3.76. The summed E-state index contributed by atoms with van der Waals surface area (Å²) in [4.78, 5) is 17.7. The molecule has 1 aliphatic rings. The summed E-state index contributed by atoms with van der Waals surface area (Å²) in [5.41, 5.74) is 1.76. The second-order valence-corrected chi connectivity index (χ2v) is 7.64. The van der Waals surface area contributed by atoms with Crippen LogP contribution in [0.25, 0.3) is 0 Å². The third-order valence-corrected chi connectivity index (χ3v) is 5.57. The lowest BCUT2D eigenvalue weighted by molar-refractivity contribution is -0.871. The zero-order valence-corrected chi connectivity index (χ0v) is 18.0. The summed E-state index contributed by atoms with van der Waals surface area (Å²) in [5, 5.41) is 0. The maximum Gasteiger partial charge on any atom is 0.277 e. The second-order valence-electron chi connectivity index (χ2n) is 7.64. The Bertz CT molecular complexity index is 853. The van der Waals surface area contributed by atoms with Gasteiger partial charge in [-0.3, -0.25) is 4.79 Å². The SMILES string of the molecule is COc1ccc(CC[NH+](C)CC(=O)N2CCN(c3ccccc3F)CC2)cc1OC. The van der Waals surface area contributed by atoms with E-state index < -0.39 is 0 Å². The molecule has 1 amide bonds. The van der Waals surface area contributed by atoms with Crippen LogP contribution in [0.15, 0.2) is 42.5 Å². The van der Waals surface area contributed by atoms with Gasteiger partial charge in [-0.1, -0.05) is 18.2 Å². The number of rotatable bonds is 8.